The highest BCUT2D eigenvalue weighted by atomic mass is 16.5. The van der Waals surface area contributed by atoms with Crippen LogP contribution in [0, 0.1) is 23.7 Å². The van der Waals surface area contributed by atoms with Crippen LogP contribution < -0.4 is 0 Å². The molecule has 0 aromatic carbocycles. The number of fused-ring (bicyclic) bond motifs is 5. The summed E-state index contributed by atoms with van der Waals surface area (Å²) in [7, 11) is 1.26. The molecular formula is C12H15NO4. The van der Waals surface area contributed by atoms with Crippen LogP contribution in [0.1, 0.15) is 19.3 Å². The standard InChI is InChI=1S/C12H15NO4/c1-17-8(14)5-13-11(15)9-6-2-3-7(4-6)10(9)12(13)16/h6-7,9-10H,2-5H2,1H3/t6-,7-,9-,10+/m1/s1. The van der Waals surface area contributed by atoms with Gasteiger partial charge in [-0.05, 0) is 31.1 Å². The topological polar surface area (TPSA) is 63.7 Å². The van der Waals surface area contributed by atoms with Gasteiger partial charge in [-0.1, -0.05) is 0 Å². The molecule has 3 fully saturated rings. The van der Waals surface area contributed by atoms with Gasteiger partial charge in [0, 0.05) is 0 Å². The second-order valence-corrected chi connectivity index (χ2v) is 5.22. The van der Waals surface area contributed by atoms with Crippen molar-refractivity contribution < 1.29 is 19.1 Å². The Morgan fingerprint density at radius 3 is 2.24 bits per heavy atom. The van der Waals surface area contributed by atoms with E-state index in [2.05, 4.69) is 4.74 Å². The lowest BCUT2D eigenvalue weighted by atomic mass is 9.81. The second kappa shape index (κ2) is 3.55. The fourth-order valence-corrected chi connectivity index (χ4v) is 3.82. The van der Waals surface area contributed by atoms with Gasteiger partial charge in [-0.2, -0.15) is 0 Å². The molecule has 2 aliphatic carbocycles. The molecule has 2 amide bonds. The molecule has 0 N–H and O–H groups in total. The summed E-state index contributed by atoms with van der Waals surface area (Å²) in [5.41, 5.74) is 0. The molecular weight excluding hydrogens is 222 g/mol. The number of rotatable bonds is 2. The molecule has 0 spiro atoms. The minimum absolute atomic E-state index is 0.147. The summed E-state index contributed by atoms with van der Waals surface area (Å²) < 4.78 is 4.52. The third kappa shape index (κ3) is 1.34. The first-order chi connectivity index (χ1) is 8.13. The Hall–Kier alpha value is -1.39. The van der Waals surface area contributed by atoms with Gasteiger partial charge in [-0.15, -0.1) is 0 Å². The minimum atomic E-state index is -0.529. The van der Waals surface area contributed by atoms with E-state index in [1.807, 2.05) is 0 Å². The highest BCUT2D eigenvalue weighted by molar-refractivity contribution is 6.07. The molecule has 5 nitrogen and oxygen atoms in total. The first-order valence-corrected chi connectivity index (χ1v) is 6.05. The molecule has 1 saturated heterocycles. The molecule has 0 aromatic rings. The van der Waals surface area contributed by atoms with E-state index in [1.54, 1.807) is 0 Å². The van der Waals surface area contributed by atoms with Gasteiger partial charge in [0.2, 0.25) is 11.8 Å². The number of amides is 2. The van der Waals surface area contributed by atoms with E-state index in [-0.39, 0.29) is 30.2 Å². The molecule has 3 rings (SSSR count). The van der Waals surface area contributed by atoms with E-state index in [0.717, 1.165) is 24.2 Å². The lowest BCUT2D eigenvalue weighted by Crippen LogP contribution is -2.37. The number of ether oxygens (including phenoxy) is 1. The fraction of sp³-hybridized carbons (Fsp3) is 0.750. The third-order valence-corrected chi connectivity index (χ3v) is 4.53. The Bertz CT molecular complexity index is 377. The number of likely N-dealkylation sites (tertiary alicyclic amines) is 1. The van der Waals surface area contributed by atoms with Crippen molar-refractivity contribution in [1.82, 2.24) is 4.90 Å². The molecule has 1 heterocycles. The zero-order valence-corrected chi connectivity index (χ0v) is 9.72. The first-order valence-electron chi connectivity index (χ1n) is 6.05. The van der Waals surface area contributed by atoms with Gasteiger partial charge in [0.05, 0.1) is 18.9 Å². The summed E-state index contributed by atoms with van der Waals surface area (Å²) in [4.78, 5) is 36.6. The quantitative estimate of drug-likeness (QED) is 0.508. The van der Waals surface area contributed by atoms with Gasteiger partial charge < -0.3 is 4.74 Å². The molecule has 2 bridgehead atoms. The van der Waals surface area contributed by atoms with Crippen molar-refractivity contribution in [3.63, 3.8) is 0 Å². The lowest BCUT2D eigenvalue weighted by molar-refractivity contribution is -0.151. The normalized spacial score (nSPS) is 38.8. The van der Waals surface area contributed by atoms with E-state index in [0.29, 0.717) is 11.8 Å². The monoisotopic (exact) mass is 237 g/mol. The predicted octanol–water partition coefficient (Wildman–Crippen LogP) is 0.190. The van der Waals surface area contributed by atoms with E-state index >= 15 is 0 Å². The Kier molecular flexibility index (Phi) is 2.24. The summed E-state index contributed by atoms with van der Waals surface area (Å²) in [5, 5.41) is 0. The van der Waals surface area contributed by atoms with Gasteiger partial charge in [0.15, 0.2) is 0 Å². The van der Waals surface area contributed by atoms with Crippen molar-refractivity contribution in [2.75, 3.05) is 13.7 Å². The Labute approximate surface area is 99.1 Å². The van der Waals surface area contributed by atoms with E-state index in [9.17, 15) is 14.4 Å². The highest BCUT2D eigenvalue weighted by Gasteiger charge is 2.60. The van der Waals surface area contributed by atoms with Gasteiger partial charge in [-0.25, -0.2) is 0 Å². The average Bonchev–Trinajstić information content (AvgIpc) is 2.98. The molecule has 0 radical (unpaired) electrons. The number of carbonyl (C=O) groups is 3. The maximum absolute atomic E-state index is 12.1. The smallest absolute Gasteiger partial charge is 0.325 e. The molecule has 1 aliphatic heterocycles. The van der Waals surface area contributed by atoms with E-state index in [4.69, 9.17) is 0 Å². The summed E-state index contributed by atoms with van der Waals surface area (Å²) in [6.45, 7) is -0.222. The second-order valence-electron chi connectivity index (χ2n) is 5.22. The van der Waals surface area contributed by atoms with Gasteiger partial charge >= 0.3 is 5.97 Å². The summed E-state index contributed by atoms with van der Waals surface area (Å²) in [6.07, 6.45) is 3.12. The van der Waals surface area contributed by atoms with Crippen molar-refractivity contribution in [3.8, 4) is 0 Å². The average molecular weight is 237 g/mol. The van der Waals surface area contributed by atoms with Crippen molar-refractivity contribution in [1.29, 1.82) is 0 Å². The van der Waals surface area contributed by atoms with Crippen molar-refractivity contribution in [2.24, 2.45) is 23.7 Å². The van der Waals surface area contributed by atoms with Crippen molar-refractivity contribution >= 4 is 17.8 Å². The number of nitrogens with zero attached hydrogens (tertiary/aromatic N) is 1. The third-order valence-electron chi connectivity index (χ3n) is 4.53. The van der Waals surface area contributed by atoms with Crippen molar-refractivity contribution in [2.45, 2.75) is 19.3 Å². The van der Waals surface area contributed by atoms with Gasteiger partial charge in [0.1, 0.15) is 6.54 Å². The molecule has 4 atom stereocenters. The maximum atomic E-state index is 12.1. The number of hydrogen-bond acceptors (Lipinski definition) is 4. The fourth-order valence-electron chi connectivity index (χ4n) is 3.82. The summed E-state index contributed by atoms with van der Waals surface area (Å²) in [5.74, 6) is -0.403. The van der Waals surface area contributed by atoms with Crippen LogP contribution in [0.3, 0.4) is 0 Å². The maximum Gasteiger partial charge on any atom is 0.325 e. The van der Waals surface area contributed by atoms with Crippen LogP contribution in [0.25, 0.3) is 0 Å². The largest absolute Gasteiger partial charge is 0.468 e. The number of imide groups is 1. The Balaban J connectivity index is 1.83. The summed E-state index contributed by atoms with van der Waals surface area (Å²) >= 11 is 0. The van der Waals surface area contributed by atoms with Crippen LogP contribution in [0.4, 0.5) is 0 Å². The van der Waals surface area contributed by atoms with Gasteiger partial charge in [-0.3, -0.25) is 19.3 Å². The van der Waals surface area contributed by atoms with Crippen molar-refractivity contribution in [3.05, 3.63) is 0 Å². The molecule has 2 saturated carbocycles. The van der Waals surface area contributed by atoms with Crippen LogP contribution in [0.5, 0.6) is 0 Å². The first kappa shape index (κ1) is 10.7. The Morgan fingerprint density at radius 2 is 1.76 bits per heavy atom. The van der Waals surface area contributed by atoms with Crippen LogP contribution in [0.2, 0.25) is 0 Å². The van der Waals surface area contributed by atoms with Crippen LogP contribution in [0.15, 0.2) is 0 Å². The molecule has 0 unspecified atom stereocenters. The lowest BCUT2D eigenvalue weighted by Gasteiger charge is -2.19. The van der Waals surface area contributed by atoms with E-state index < -0.39 is 5.97 Å². The SMILES string of the molecule is COC(=O)CN1C(=O)[C@@H]2[C@@H]3CC[C@H](C3)[C@@H]2C1=O. The number of hydrogen-bond donors (Lipinski definition) is 0. The number of carbonyl (C=O) groups excluding carboxylic acids is 3. The molecule has 0 aromatic heterocycles. The highest BCUT2D eigenvalue weighted by Crippen LogP contribution is 2.55. The number of esters is 1. The molecule has 5 heteroatoms. The zero-order valence-electron chi connectivity index (χ0n) is 9.72. The Morgan fingerprint density at radius 1 is 1.24 bits per heavy atom. The predicted molar refractivity (Wildman–Crippen MR) is 56.5 cm³/mol. The van der Waals surface area contributed by atoms with Gasteiger partial charge in [0.25, 0.3) is 0 Å². The molecule has 17 heavy (non-hydrogen) atoms. The zero-order chi connectivity index (χ0) is 12.2. The summed E-state index contributed by atoms with van der Waals surface area (Å²) in [6, 6.07) is 0. The molecule has 92 valence electrons. The van der Waals surface area contributed by atoms with Crippen LogP contribution >= 0.6 is 0 Å². The minimum Gasteiger partial charge on any atom is -0.468 e. The van der Waals surface area contributed by atoms with Crippen LogP contribution in [-0.2, 0) is 19.1 Å². The number of methoxy groups -OCH3 is 1. The molecule has 3 aliphatic rings. The van der Waals surface area contributed by atoms with Crippen LogP contribution in [-0.4, -0.2) is 36.3 Å². The van der Waals surface area contributed by atoms with E-state index in [1.165, 1.54) is 7.11 Å².